The number of benzene rings is 1. The fraction of sp³-hybridized carbons (Fsp3) is 0.300. The molecular weight excluding hydrogens is 244 g/mol. The van der Waals surface area contributed by atoms with Crippen LogP contribution in [0.3, 0.4) is 0 Å². The van der Waals surface area contributed by atoms with Crippen molar-refractivity contribution in [1.82, 2.24) is 0 Å². The summed E-state index contributed by atoms with van der Waals surface area (Å²) >= 11 is 0. The number of hydrogen-bond acceptors (Lipinski definition) is 2. The van der Waals surface area contributed by atoms with Gasteiger partial charge in [-0.05, 0) is 12.1 Å². The molecule has 0 saturated heterocycles. The van der Waals surface area contributed by atoms with E-state index in [4.69, 9.17) is 5.11 Å². The van der Waals surface area contributed by atoms with Crippen LogP contribution in [-0.2, 0) is 0 Å². The number of carbonyl (C=O) groups is 1. The molecule has 1 aromatic carbocycles. The third-order valence-electron chi connectivity index (χ3n) is 1.82. The molecular formula is C10H8F4O3. The third kappa shape index (κ3) is 4.29. The van der Waals surface area contributed by atoms with Crippen LogP contribution in [0.25, 0.3) is 0 Å². The summed E-state index contributed by atoms with van der Waals surface area (Å²) in [5.74, 6) is -2.59. The molecule has 0 spiro atoms. The molecule has 1 rings (SSSR count). The Kier molecular flexibility index (Phi) is 3.93. The molecule has 0 radical (unpaired) electrons. The first-order valence-corrected chi connectivity index (χ1v) is 4.52. The smallest absolute Gasteiger partial charge is 0.392 e. The van der Waals surface area contributed by atoms with Crippen LogP contribution in [0.4, 0.5) is 17.6 Å². The summed E-state index contributed by atoms with van der Waals surface area (Å²) in [6.07, 6.45) is -5.64. The van der Waals surface area contributed by atoms with E-state index in [-0.39, 0.29) is 5.56 Å². The molecule has 0 aliphatic heterocycles. The van der Waals surface area contributed by atoms with E-state index in [1.165, 1.54) is 0 Å². The summed E-state index contributed by atoms with van der Waals surface area (Å²) in [4.78, 5) is 10.7. The van der Waals surface area contributed by atoms with Crippen molar-refractivity contribution >= 4 is 5.97 Å². The molecule has 94 valence electrons. The Bertz CT molecular complexity index is 415. The molecule has 0 unspecified atom stereocenters. The van der Waals surface area contributed by atoms with Crippen LogP contribution < -0.4 is 4.74 Å². The van der Waals surface area contributed by atoms with Gasteiger partial charge in [0.05, 0.1) is 13.0 Å². The Morgan fingerprint density at radius 2 is 2.00 bits per heavy atom. The van der Waals surface area contributed by atoms with Gasteiger partial charge in [-0.2, -0.15) is 13.2 Å². The Morgan fingerprint density at radius 1 is 1.35 bits per heavy atom. The summed E-state index contributed by atoms with van der Waals surface area (Å²) in [7, 11) is 0. The summed E-state index contributed by atoms with van der Waals surface area (Å²) in [5.41, 5.74) is -0.381. The lowest BCUT2D eigenvalue weighted by Crippen LogP contribution is -2.14. The number of hydrogen-bond donors (Lipinski definition) is 1. The molecule has 0 saturated carbocycles. The summed E-state index contributed by atoms with van der Waals surface area (Å²) in [6, 6.07) is 2.56. The first kappa shape index (κ1) is 13.3. The van der Waals surface area contributed by atoms with Crippen molar-refractivity contribution in [2.24, 2.45) is 0 Å². The minimum Gasteiger partial charge on any atom is -0.492 e. The average molecular weight is 252 g/mol. The summed E-state index contributed by atoms with van der Waals surface area (Å²) in [5, 5.41) is 8.69. The third-order valence-corrected chi connectivity index (χ3v) is 1.82. The molecule has 1 aromatic rings. The number of aromatic carboxylic acids is 1. The Labute approximate surface area is 93.6 Å². The van der Waals surface area contributed by atoms with E-state index < -0.39 is 36.7 Å². The van der Waals surface area contributed by atoms with E-state index >= 15 is 0 Å². The lowest BCUT2D eigenvalue weighted by atomic mass is 10.2. The van der Waals surface area contributed by atoms with Crippen LogP contribution in [0, 0.1) is 5.82 Å². The minimum absolute atomic E-state index is 0.381. The quantitative estimate of drug-likeness (QED) is 0.838. The molecule has 0 aliphatic rings. The topological polar surface area (TPSA) is 46.5 Å². The first-order valence-electron chi connectivity index (χ1n) is 4.52. The zero-order chi connectivity index (χ0) is 13.1. The summed E-state index contributed by atoms with van der Waals surface area (Å²) in [6.45, 7) is -0.757. The molecule has 0 atom stereocenters. The van der Waals surface area contributed by atoms with Crippen LogP contribution >= 0.6 is 0 Å². The van der Waals surface area contributed by atoms with Gasteiger partial charge in [-0.25, -0.2) is 9.18 Å². The van der Waals surface area contributed by atoms with Crippen molar-refractivity contribution in [1.29, 1.82) is 0 Å². The van der Waals surface area contributed by atoms with Gasteiger partial charge in [0.25, 0.3) is 0 Å². The Balaban J connectivity index is 2.75. The van der Waals surface area contributed by atoms with Gasteiger partial charge < -0.3 is 9.84 Å². The van der Waals surface area contributed by atoms with Crippen molar-refractivity contribution in [2.45, 2.75) is 12.6 Å². The fourth-order valence-corrected chi connectivity index (χ4v) is 1.07. The highest BCUT2D eigenvalue weighted by molar-refractivity contribution is 5.90. The SMILES string of the molecule is O=C(O)c1ccc(F)cc1OCCC(F)(F)F. The molecule has 17 heavy (non-hydrogen) atoms. The van der Waals surface area contributed by atoms with Crippen molar-refractivity contribution in [3.8, 4) is 5.75 Å². The average Bonchev–Trinajstić information content (AvgIpc) is 2.15. The van der Waals surface area contributed by atoms with Crippen LogP contribution in [0.2, 0.25) is 0 Å². The van der Waals surface area contributed by atoms with E-state index in [9.17, 15) is 22.4 Å². The van der Waals surface area contributed by atoms with Crippen molar-refractivity contribution in [3.63, 3.8) is 0 Å². The van der Waals surface area contributed by atoms with Gasteiger partial charge in [-0.15, -0.1) is 0 Å². The molecule has 7 heteroatoms. The Morgan fingerprint density at radius 3 is 2.53 bits per heavy atom. The lowest BCUT2D eigenvalue weighted by Gasteiger charge is -2.10. The second kappa shape index (κ2) is 5.03. The normalized spacial score (nSPS) is 11.3. The van der Waals surface area contributed by atoms with E-state index in [2.05, 4.69) is 4.74 Å². The first-order chi connectivity index (χ1) is 7.79. The number of carboxylic acid groups (broad SMARTS) is 1. The monoisotopic (exact) mass is 252 g/mol. The molecule has 0 aliphatic carbocycles. The molecule has 0 bridgehead atoms. The van der Waals surface area contributed by atoms with Crippen molar-refractivity contribution in [2.75, 3.05) is 6.61 Å². The van der Waals surface area contributed by atoms with Crippen LogP contribution in [0.5, 0.6) is 5.75 Å². The molecule has 0 amide bonds. The second-order valence-corrected chi connectivity index (χ2v) is 3.16. The zero-order valence-corrected chi connectivity index (χ0v) is 8.42. The highest BCUT2D eigenvalue weighted by atomic mass is 19.4. The van der Waals surface area contributed by atoms with E-state index in [1.54, 1.807) is 0 Å². The van der Waals surface area contributed by atoms with Gasteiger partial charge in [0.15, 0.2) is 0 Å². The Hall–Kier alpha value is -1.79. The number of rotatable bonds is 4. The van der Waals surface area contributed by atoms with Gasteiger partial charge in [-0.1, -0.05) is 0 Å². The maximum atomic E-state index is 12.8. The molecule has 0 heterocycles. The lowest BCUT2D eigenvalue weighted by molar-refractivity contribution is -0.139. The van der Waals surface area contributed by atoms with Gasteiger partial charge >= 0.3 is 12.1 Å². The van der Waals surface area contributed by atoms with Gasteiger partial charge in [0.2, 0.25) is 0 Å². The molecule has 0 aromatic heterocycles. The maximum Gasteiger partial charge on any atom is 0.392 e. The van der Waals surface area contributed by atoms with E-state index in [0.717, 1.165) is 18.2 Å². The largest absolute Gasteiger partial charge is 0.492 e. The standard InChI is InChI=1S/C10H8F4O3/c11-6-1-2-7(9(15)16)8(5-6)17-4-3-10(12,13)14/h1-2,5H,3-4H2,(H,15,16). The highest BCUT2D eigenvalue weighted by Gasteiger charge is 2.27. The summed E-state index contributed by atoms with van der Waals surface area (Å²) < 4.78 is 52.9. The van der Waals surface area contributed by atoms with Gasteiger partial charge in [-0.3, -0.25) is 0 Å². The molecule has 1 N–H and O–H groups in total. The van der Waals surface area contributed by atoms with Crippen LogP contribution in [0.1, 0.15) is 16.8 Å². The van der Waals surface area contributed by atoms with Gasteiger partial charge in [0, 0.05) is 6.07 Å². The van der Waals surface area contributed by atoms with Crippen LogP contribution in [-0.4, -0.2) is 23.9 Å². The zero-order valence-electron chi connectivity index (χ0n) is 8.42. The molecule has 0 fully saturated rings. The highest BCUT2D eigenvalue weighted by Crippen LogP contribution is 2.23. The number of alkyl halides is 3. The van der Waals surface area contributed by atoms with E-state index in [0.29, 0.717) is 0 Å². The van der Waals surface area contributed by atoms with Gasteiger partial charge in [0.1, 0.15) is 17.1 Å². The molecule has 3 nitrogen and oxygen atoms in total. The predicted molar refractivity (Wildman–Crippen MR) is 49.5 cm³/mol. The minimum atomic E-state index is -4.41. The second-order valence-electron chi connectivity index (χ2n) is 3.16. The van der Waals surface area contributed by atoms with Crippen molar-refractivity contribution in [3.05, 3.63) is 29.6 Å². The maximum absolute atomic E-state index is 12.8. The van der Waals surface area contributed by atoms with Crippen LogP contribution in [0.15, 0.2) is 18.2 Å². The number of ether oxygens (including phenoxy) is 1. The fourth-order valence-electron chi connectivity index (χ4n) is 1.07. The number of halogens is 4. The van der Waals surface area contributed by atoms with Crippen molar-refractivity contribution < 1.29 is 32.2 Å². The number of carboxylic acids is 1. The van der Waals surface area contributed by atoms with E-state index in [1.807, 2.05) is 0 Å². The predicted octanol–water partition coefficient (Wildman–Crippen LogP) is 2.86.